The first kappa shape index (κ1) is 14.8. The normalized spacial score (nSPS) is 16.9. The Morgan fingerprint density at radius 2 is 1.75 bits per heavy atom. The third-order valence-electron chi connectivity index (χ3n) is 4.06. The minimum absolute atomic E-state index is 0.0366. The van der Waals surface area contributed by atoms with Crippen LogP contribution in [0.5, 0.6) is 0 Å². The van der Waals surface area contributed by atoms with Gasteiger partial charge in [0.2, 0.25) is 5.91 Å². The van der Waals surface area contributed by atoms with Gasteiger partial charge in [0, 0.05) is 19.2 Å². The highest BCUT2D eigenvalue weighted by Gasteiger charge is 2.19. The quantitative estimate of drug-likeness (QED) is 0.841. The number of amides is 1. The molecule has 0 aliphatic carbocycles. The summed E-state index contributed by atoms with van der Waals surface area (Å²) in [4.78, 5) is 13.9. The second kappa shape index (κ2) is 6.23. The standard InChI is InChI=1S/C17H23NO2/c1-12-10-14(3)15(11-13(12)2)4-5-17(20)18-8-6-16(19)7-9-18/h4-5,10-11,16,19H,6-9H2,1-3H3. The van der Waals surface area contributed by atoms with Gasteiger partial charge < -0.3 is 10.0 Å². The van der Waals surface area contributed by atoms with E-state index in [1.807, 2.05) is 6.08 Å². The van der Waals surface area contributed by atoms with E-state index in [1.165, 1.54) is 16.7 Å². The van der Waals surface area contributed by atoms with Gasteiger partial charge in [-0.25, -0.2) is 0 Å². The lowest BCUT2D eigenvalue weighted by Gasteiger charge is -2.28. The van der Waals surface area contributed by atoms with Gasteiger partial charge in [-0.1, -0.05) is 12.1 Å². The number of piperidine rings is 1. The summed E-state index contributed by atoms with van der Waals surface area (Å²) < 4.78 is 0. The number of carbonyl (C=O) groups excluding carboxylic acids is 1. The molecule has 108 valence electrons. The van der Waals surface area contributed by atoms with Crippen molar-refractivity contribution in [1.82, 2.24) is 4.90 Å². The molecule has 1 fully saturated rings. The zero-order valence-corrected chi connectivity index (χ0v) is 12.5. The van der Waals surface area contributed by atoms with Gasteiger partial charge in [0.15, 0.2) is 0 Å². The zero-order valence-electron chi connectivity index (χ0n) is 12.5. The van der Waals surface area contributed by atoms with Crippen LogP contribution >= 0.6 is 0 Å². The van der Waals surface area contributed by atoms with E-state index in [0.717, 1.165) is 5.56 Å². The Hall–Kier alpha value is -1.61. The number of hydrogen-bond donors (Lipinski definition) is 1. The fraction of sp³-hybridized carbons (Fsp3) is 0.471. The molecule has 1 aliphatic heterocycles. The molecule has 1 aliphatic rings. The lowest BCUT2D eigenvalue weighted by molar-refractivity contribution is -0.127. The van der Waals surface area contributed by atoms with Crippen LogP contribution < -0.4 is 0 Å². The molecular weight excluding hydrogens is 250 g/mol. The molecule has 3 nitrogen and oxygen atoms in total. The zero-order chi connectivity index (χ0) is 14.7. The fourth-order valence-corrected chi connectivity index (χ4v) is 2.52. The summed E-state index contributed by atoms with van der Waals surface area (Å²) in [6.07, 6.45) is 4.67. The predicted octanol–water partition coefficient (Wildman–Crippen LogP) is 2.61. The molecule has 2 rings (SSSR count). The smallest absolute Gasteiger partial charge is 0.246 e. The Morgan fingerprint density at radius 3 is 2.40 bits per heavy atom. The average molecular weight is 273 g/mol. The summed E-state index contributed by atoms with van der Waals surface area (Å²) in [5, 5.41) is 9.45. The van der Waals surface area contributed by atoms with E-state index in [9.17, 15) is 9.90 Å². The van der Waals surface area contributed by atoms with Crippen LogP contribution in [-0.4, -0.2) is 35.1 Å². The predicted molar refractivity (Wildman–Crippen MR) is 81.5 cm³/mol. The highest BCUT2D eigenvalue weighted by molar-refractivity contribution is 5.92. The number of rotatable bonds is 2. The van der Waals surface area contributed by atoms with Gasteiger partial charge in [0.05, 0.1) is 6.10 Å². The molecular formula is C17H23NO2. The Balaban J connectivity index is 2.06. The minimum atomic E-state index is -0.245. The maximum atomic E-state index is 12.1. The summed E-state index contributed by atoms with van der Waals surface area (Å²) >= 11 is 0. The first-order chi connectivity index (χ1) is 9.47. The van der Waals surface area contributed by atoms with E-state index in [0.29, 0.717) is 25.9 Å². The number of carbonyl (C=O) groups is 1. The molecule has 1 aromatic rings. The average Bonchev–Trinajstić information content (AvgIpc) is 2.42. The van der Waals surface area contributed by atoms with Crippen LogP contribution in [-0.2, 0) is 4.79 Å². The number of hydrogen-bond acceptors (Lipinski definition) is 2. The third-order valence-corrected chi connectivity index (χ3v) is 4.06. The van der Waals surface area contributed by atoms with Crippen LogP contribution in [0.2, 0.25) is 0 Å². The molecule has 1 amide bonds. The van der Waals surface area contributed by atoms with Gasteiger partial charge in [-0.2, -0.15) is 0 Å². The molecule has 0 unspecified atom stereocenters. The van der Waals surface area contributed by atoms with Gasteiger partial charge >= 0.3 is 0 Å². The van der Waals surface area contributed by atoms with Gasteiger partial charge in [0.25, 0.3) is 0 Å². The monoisotopic (exact) mass is 273 g/mol. The molecule has 0 spiro atoms. The van der Waals surface area contributed by atoms with Gasteiger partial charge in [-0.15, -0.1) is 0 Å². The topological polar surface area (TPSA) is 40.5 Å². The lowest BCUT2D eigenvalue weighted by atomic mass is 10.0. The van der Waals surface area contributed by atoms with Crippen LogP contribution in [0.1, 0.15) is 35.1 Å². The van der Waals surface area contributed by atoms with Crippen LogP contribution in [0.15, 0.2) is 18.2 Å². The molecule has 0 radical (unpaired) electrons. The van der Waals surface area contributed by atoms with Crippen molar-refractivity contribution in [1.29, 1.82) is 0 Å². The Labute approximate surface area is 120 Å². The lowest BCUT2D eigenvalue weighted by Crippen LogP contribution is -2.39. The molecule has 0 aromatic heterocycles. The summed E-state index contributed by atoms with van der Waals surface area (Å²) in [5.41, 5.74) is 4.80. The van der Waals surface area contributed by atoms with Crippen molar-refractivity contribution in [3.8, 4) is 0 Å². The first-order valence-electron chi connectivity index (χ1n) is 7.20. The van der Waals surface area contributed by atoms with Crippen molar-refractivity contribution in [2.45, 2.75) is 39.7 Å². The van der Waals surface area contributed by atoms with Gasteiger partial charge in [-0.05, 0) is 61.9 Å². The van der Waals surface area contributed by atoms with E-state index in [2.05, 4.69) is 32.9 Å². The summed E-state index contributed by atoms with van der Waals surface area (Å²) in [6.45, 7) is 7.54. The SMILES string of the molecule is Cc1cc(C)c(C=CC(=O)N2CCC(O)CC2)cc1C. The van der Waals surface area contributed by atoms with Crippen molar-refractivity contribution in [2.24, 2.45) is 0 Å². The van der Waals surface area contributed by atoms with Crippen molar-refractivity contribution in [3.63, 3.8) is 0 Å². The maximum Gasteiger partial charge on any atom is 0.246 e. The van der Waals surface area contributed by atoms with E-state index >= 15 is 0 Å². The van der Waals surface area contributed by atoms with Crippen LogP contribution in [0.4, 0.5) is 0 Å². The fourth-order valence-electron chi connectivity index (χ4n) is 2.52. The highest BCUT2D eigenvalue weighted by atomic mass is 16.3. The second-order valence-corrected chi connectivity index (χ2v) is 5.68. The van der Waals surface area contributed by atoms with Crippen molar-refractivity contribution < 1.29 is 9.90 Å². The van der Waals surface area contributed by atoms with E-state index in [1.54, 1.807) is 11.0 Å². The molecule has 1 aromatic carbocycles. The third kappa shape index (κ3) is 3.48. The van der Waals surface area contributed by atoms with E-state index in [-0.39, 0.29) is 12.0 Å². The van der Waals surface area contributed by atoms with Crippen molar-refractivity contribution in [3.05, 3.63) is 40.5 Å². The number of aliphatic hydroxyl groups is 1. The van der Waals surface area contributed by atoms with E-state index < -0.39 is 0 Å². The number of likely N-dealkylation sites (tertiary alicyclic amines) is 1. The van der Waals surface area contributed by atoms with E-state index in [4.69, 9.17) is 0 Å². The summed E-state index contributed by atoms with van der Waals surface area (Å²) in [6, 6.07) is 4.27. The number of aryl methyl sites for hydroxylation is 3. The van der Waals surface area contributed by atoms with Gasteiger partial charge in [0.1, 0.15) is 0 Å². The highest BCUT2D eigenvalue weighted by Crippen LogP contribution is 2.17. The van der Waals surface area contributed by atoms with Gasteiger partial charge in [-0.3, -0.25) is 4.79 Å². The summed E-state index contributed by atoms with van der Waals surface area (Å²) in [5.74, 6) is 0.0366. The number of nitrogens with zero attached hydrogens (tertiary/aromatic N) is 1. The molecule has 0 saturated carbocycles. The summed E-state index contributed by atoms with van der Waals surface area (Å²) in [7, 11) is 0. The minimum Gasteiger partial charge on any atom is -0.393 e. The molecule has 0 atom stereocenters. The first-order valence-corrected chi connectivity index (χ1v) is 7.20. The maximum absolute atomic E-state index is 12.1. The van der Waals surface area contributed by atoms with Crippen molar-refractivity contribution >= 4 is 12.0 Å². The molecule has 3 heteroatoms. The van der Waals surface area contributed by atoms with Crippen LogP contribution in [0, 0.1) is 20.8 Å². The molecule has 1 N–H and O–H groups in total. The van der Waals surface area contributed by atoms with Crippen LogP contribution in [0.25, 0.3) is 6.08 Å². The Bertz CT molecular complexity index is 526. The molecule has 1 heterocycles. The van der Waals surface area contributed by atoms with Crippen molar-refractivity contribution in [2.75, 3.05) is 13.1 Å². The second-order valence-electron chi connectivity index (χ2n) is 5.68. The Kier molecular flexibility index (Phi) is 4.61. The molecule has 0 bridgehead atoms. The molecule has 1 saturated heterocycles. The molecule has 20 heavy (non-hydrogen) atoms. The largest absolute Gasteiger partial charge is 0.393 e. The van der Waals surface area contributed by atoms with Crippen LogP contribution in [0.3, 0.4) is 0 Å². The number of benzene rings is 1. The number of aliphatic hydroxyl groups excluding tert-OH is 1. The Morgan fingerprint density at radius 1 is 1.15 bits per heavy atom.